The molecule has 0 saturated heterocycles. The van der Waals surface area contributed by atoms with Crippen molar-refractivity contribution in [1.82, 2.24) is 0 Å². The van der Waals surface area contributed by atoms with Gasteiger partial charge in [-0.2, -0.15) is 0 Å². The van der Waals surface area contributed by atoms with Crippen molar-refractivity contribution in [3.8, 4) is 23.0 Å². The van der Waals surface area contributed by atoms with Gasteiger partial charge in [-0.1, -0.05) is 6.07 Å². The van der Waals surface area contributed by atoms with Crippen molar-refractivity contribution in [2.24, 2.45) is 0 Å². The molecule has 5 heteroatoms. The molecule has 2 aromatic carbocycles. The van der Waals surface area contributed by atoms with Gasteiger partial charge in [-0.25, -0.2) is 0 Å². The zero-order valence-electron chi connectivity index (χ0n) is 13.8. The van der Waals surface area contributed by atoms with Crippen LogP contribution < -0.4 is 14.2 Å². The summed E-state index contributed by atoms with van der Waals surface area (Å²) < 4.78 is 16.0. The molecule has 0 aliphatic heterocycles. The van der Waals surface area contributed by atoms with Gasteiger partial charge in [0.1, 0.15) is 11.5 Å². The SMILES string of the molecule is COc1cc(OC)c(OC)cc1C=C1Cc2ccc(O)cc2C1=O. The van der Waals surface area contributed by atoms with Crippen molar-refractivity contribution in [3.63, 3.8) is 0 Å². The zero-order chi connectivity index (χ0) is 17.3. The molecular formula is C19H18O5. The first-order chi connectivity index (χ1) is 11.6. The number of ketones is 1. The summed E-state index contributed by atoms with van der Waals surface area (Å²) in [5.74, 6) is 1.71. The Morgan fingerprint density at radius 2 is 1.62 bits per heavy atom. The molecule has 0 bridgehead atoms. The van der Waals surface area contributed by atoms with Crippen LogP contribution in [-0.4, -0.2) is 32.2 Å². The van der Waals surface area contributed by atoms with Gasteiger partial charge in [0.05, 0.1) is 21.3 Å². The van der Waals surface area contributed by atoms with E-state index in [1.807, 2.05) is 0 Å². The molecule has 0 fully saturated rings. The van der Waals surface area contributed by atoms with Gasteiger partial charge in [-0.05, 0) is 29.8 Å². The number of carbonyl (C=O) groups excluding carboxylic acids is 1. The molecule has 0 aromatic heterocycles. The zero-order valence-corrected chi connectivity index (χ0v) is 13.8. The first kappa shape index (κ1) is 15.9. The standard InChI is InChI=1S/C19H18O5/c1-22-16-10-18(24-3)17(23-2)8-12(16)7-13-6-11-4-5-14(20)9-15(11)19(13)21/h4-5,7-10,20H,6H2,1-3H3. The second-order valence-electron chi connectivity index (χ2n) is 5.47. The van der Waals surface area contributed by atoms with E-state index in [9.17, 15) is 9.90 Å². The van der Waals surface area contributed by atoms with Crippen LogP contribution in [0.2, 0.25) is 0 Å². The third-order valence-electron chi connectivity index (χ3n) is 4.08. The second-order valence-corrected chi connectivity index (χ2v) is 5.47. The number of hydrogen-bond acceptors (Lipinski definition) is 5. The van der Waals surface area contributed by atoms with E-state index < -0.39 is 0 Å². The summed E-state index contributed by atoms with van der Waals surface area (Å²) in [6, 6.07) is 8.37. The van der Waals surface area contributed by atoms with Gasteiger partial charge >= 0.3 is 0 Å². The topological polar surface area (TPSA) is 65.0 Å². The lowest BCUT2D eigenvalue weighted by atomic mass is 10.1. The Bertz CT molecular complexity index is 836. The number of phenols is 1. The molecule has 1 N–H and O–H groups in total. The highest BCUT2D eigenvalue weighted by Gasteiger charge is 2.25. The molecule has 0 spiro atoms. The molecule has 24 heavy (non-hydrogen) atoms. The largest absolute Gasteiger partial charge is 0.508 e. The molecular weight excluding hydrogens is 308 g/mol. The van der Waals surface area contributed by atoms with E-state index in [2.05, 4.69) is 0 Å². The number of aromatic hydroxyl groups is 1. The molecule has 3 rings (SSSR count). The number of methoxy groups -OCH3 is 3. The first-order valence-corrected chi connectivity index (χ1v) is 7.44. The van der Waals surface area contributed by atoms with Crippen molar-refractivity contribution >= 4 is 11.9 Å². The predicted octanol–water partition coefficient (Wildman–Crippen LogP) is 3.24. The molecule has 0 atom stereocenters. The maximum absolute atomic E-state index is 12.6. The van der Waals surface area contributed by atoms with Crippen LogP contribution in [0.15, 0.2) is 35.9 Å². The van der Waals surface area contributed by atoms with Gasteiger partial charge in [0.25, 0.3) is 0 Å². The Balaban J connectivity index is 2.05. The normalized spacial score (nSPS) is 14.6. The van der Waals surface area contributed by atoms with Crippen LogP contribution in [0, 0.1) is 0 Å². The molecule has 0 saturated carbocycles. The van der Waals surface area contributed by atoms with Crippen LogP contribution in [0.4, 0.5) is 0 Å². The van der Waals surface area contributed by atoms with Gasteiger partial charge in [0.15, 0.2) is 17.3 Å². The highest BCUT2D eigenvalue weighted by Crippen LogP contribution is 2.37. The van der Waals surface area contributed by atoms with Crippen molar-refractivity contribution in [1.29, 1.82) is 0 Å². The quantitative estimate of drug-likeness (QED) is 0.874. The van der Waals surface area contributed by atoms with Gasteiger partial charge in [-0.3, -0.25) is 4.79 Å². The Morgan fingerprint density at radius 1 is 0.958 bits per heavy atom. The minimum absolute atomic E-state index is 0.0854. The molecule has 0 radical (unpaired) electrons. The number of benzene rings is 2. The summed E-state index contributed by atoms with van der Waals surface area (Å²) in [4.78, 5) is 12.6. The van der Waals surface area contributed by atoms with Crippen molar-refractivity contribution in [2.75, 3.05) is 21.3 Å². The minimum Gasteiger partial charge on any atom is -0.508 e. The highest BCUT2D eigenvalue weighted by atomic mass is 16.5. The summed E-state index contributed by atoms with van der Waals surface area (Å²) in [6.07, 6.45) is 2.31. The predicted molar refractivity (Wildman–Crippen MR) is 90.2 cm³/mol. The molecule has 0 heterocycles. The number of carbonyl (C=O) groups is 1. The van der Waals surface area contributed by atoms with E-state index in [0.717, 1.165) is 11.1 Å². The molecule has 5 nitrogen and oxygen atoms in total. The summed E-state index contributed by atoms with van der Waals surface area (Å²) in [5, 5.41) is 9.58. The Morgan fingerprint density at radius 3 is 2.29 bits per heavy atom. The van der Waals surface area contributed by atoms with Crippen LogP contribution in [-0.2, 0) is 6.42 Å². The van der Waals surface area contributed by atoms with E-state index in [0.29, 0.717) is 34.8 Å². The van der Waals surface area contributed by atoms with Gasteiger partial charge < -0.3 is 19.3 Å². The van der Waals surface area contributed by atoms with Crippen molar-refractivity contribution in [3.05, 3.63) is 52.6 Å². The lowest BCUT2D eigenvalue weighted by Gasteiger charge is -2.12. The summed E-state index contributed by atoms with van der Waals surface area (Å²) in [7, 11) is 4.67. The fourth-order valence-corrected chi connectivity index (χ4v) is 2.86. The van der Waals surface area contributed by atoms with E-state index >= 15 is 0 Å². The first-order valence-electron chi connectivity index (χ1n) is 7.44. The third-order valence-corrected chi connectivity index (χ3v) is 4.08. The van der Waals surface area contributed by atoms with Gasteiger partial charge in [0, 0.05) is 29.2 Å². The molecule has 0 amide bonds. The van der Waals surface area contributed by atoms with Crippen LogP contribution >= 0.6 is 0 Å². The summed E-state index contributed by atoms with van der Waals surface area (Å²) in [6.45, 7) is 0. The molecule has 2 aromatic rings. The second kappa shape index (κ2) is 6.28. The molecule has 1 aliphatic carbocycles. The van der Waals surface area contributed by atoms with Crippen LogP contribution in [0.5, 0.6) is 23.0 Å². The average Bonchev–Trinajstić information content (AvgIpc) is 2.90. The van der Waals surface area contributed by atoms with E-state index in [1.165, 1.54) is 6.07 Å². The number of Topliss-reactive ketones (excluding diaryl/α,β-unsaturated/α-hetero) is 1. The lowest BCUT2D eigenvalue weighted by molar-refractivity contribution is 0.104. The Labute approximate surface area is 140 Å². The number of ether oxygens (including phenoxy) is 3. The summed E-state index contributed by atoms with van der Waals surface area (Å²) >= 11 is 0. The average molecular weight is 326 g/mol. The minimum atomic E-state index is -0.0854. The molecule has 124 valence electrons. The maximum Gasteiger partial charge on any atom is 0.189 e. The highest BCUT2D eigenvalue weighted by molar-refractivity contribution is 6.15. The van der Waals surface area contributed by atoms with E-state index in [1.54, 1.807) is 51.7 Å². The van der Waals surface area contributed by atoms with Gasteiger partial charge in [-0.15, -0.1) is 0 Å². The van der Waals surface area contributed by atoms with E-state index in [-0.39, 0.29) is 11.5 Å². The fraction of sp³-hybridized carbons (Fsp3) is 0.211. The lowest BCUT2D eigenvalue weighted by Crippen LogP contribution is -1.98. The van der Waals surface area contributed by atoms with Crippen molar-refractivity contribution < 1.29 is 24.1 Å². The number of allylic oxidation sites excluding steroid dienone is 1. The van der Waals surface area contributed by atoms with Crippen LogP contribution in [0.1, 0.15) is 21.5 Å². The fourth-order valence-electron chi connectivity index (χ4n) is 2.86. The van der Waals surface area contributed by atoms with E-state index in [4.69, 9.17) is 14.2 Å². The molecule has 0 unspecified atom stereocenters. The van der Waals surface area contributed by atoms with Crippen molar-refractivity contribution in [2.45, 2.75) is 6.42 Å². The van der Waals surface area contributed by atoms with Crippen LogP contribution in [0.3, 0.4) is 0 Å². The Hall–Kier alpha value is -2.95. The molecule has 1 aliphatic rings. The smallest absolute Gasteiger partial charge is 0.189 e. The Kier molecular flexibility index (Phi) is 4.16. The monoisotopic (exact) mass is 326 g/mol. The maximum atomic E-state index is 12.6. The number of rotatable bonds is 4. The number of fused-ring (bicyclic) bond motifs is 1. The summed E-state index contributed by atoms with van der Waals surface area (Å²) in [5.41, 5.74) is 2.82. The third kappa shape index (κ3) is 2.69. The van der Waals surface area contributed by atoms with Gasteiger partial charge in [0.2, 0.25) is 0 Å². The number of hydrogen-bond donors (Lipinski definition) is 1. The number of phenolic OH excluding ortho intramolecular Hbond substituents is 1. The van der Waals surface area contributed by atoms with Crippen LogP contribution in [0.25, 0.3) is 6.08 Å².